The Labute approximate surface area is 71.6 Å². The van der Waals surface area contributed by atoms with Crippen LogP contribution in [0.4, 0.5) is 5.69 Å². The smallest absolute Gasteiger partial charge is 0.121 e. The number of nitrogens with one attached hydrogen (secondary N) is 1. The second kappa shape index (κ2) is 3.03. The number of phenolic OH excluding ortho intramolecular Hbond substituents is 1. The molecule has 1 rings (SSSR count). The van der Waals surface area contributed by atoms with Gasteiger partial charge in [-0.05, 0) is 43.5 Å². The van der Waals surface area contributed by atoms with Gasteiger partial charge in [-0.1, -0.05) is 0 Å². The molecule has 3 N–H and O–H groups in total. The number of hydrogen-bond acceptors (Lipinski definition) is 3. The van der Waals surface area contributed by atoms with Crippen LogP contribution < -0.4 is 5.48 Å². The van der Waals surface area contributed by atoms with Crippen LogP contribution in [0, 0.1) is 20.8 Å². The van der Waals surface area contributed by atoms with Crippen molar-refractivity contribution in [2.45, 2.75) is 20.8 Å². The summed E-state index contributed by atoms with van der Waals surface area (Å²) in [5.41, 5.74) is 5.15. The minimum absolute atomic E-state index is 0.298. The van der Waals surface area contributed by atoms with Gasteiger partial charge in [0.2, 0.25) is 0 Å². The van der Waals surface area contributed by atoms with Crippen LogP contribution in [0.15, 0.2) is 6.07 Å². The molecule has 1 aromatic rings. The van der Waals surface area contributed by atoms with Gasteiger partial charge in [-0.15, -0.1) is 0 Å². The Bertz CT molecular complexity index is 308. The van der Waals surface area contributed by atoms with Crippen LogP contribution in [0.25, 0.3) is 0 Å². The SMILES string of the molecule is Cc1cc(NO)c(C)c(C)c1O. The van der Waals surface area contributed by atoms with Gasteiger partial charge in [-0.2, -0.15) is 0 Å². The second-order valence-corrected chi connectivity index (χ2v) is 2.95. The van der Waals surface area contributed by atoms with Crippen molar-refractivity contribution in [1.29, 1.82) is 0 Å². The van der Waals surface area contributed by atoms with Crippen LogP contribution in [0.1, 0.15) is 16.7 Å². The minimum atomic E-state index is 0.298. The summed E-state index contributed by atoms with van der Waals surface area (Å²) < 4.78 is 0. The molecular formula is C9H13NO2. The molecular weight excluding hydrogens is 154 g/mol. The van der Waals surface area contributed by atoms with Gasteiger partial charge in [0, 0.05) is 0 Å². The molecule has 3 nitrogen and oxygen atoms in total. The normalized spacial score (nSPS) is 10.0. The average molecular weight is 167 g/mol. The van der Waals surface area contributed by atoms with Crippen LogP contribution in [0.3, 0.4) is 0 Å². The number of rotatable bonds is 1. The first-order valence-corrected chi connectivity index (χ1v) is 3.77. The number of aromatic hydroxyl groups is 1. The van der Waals surface area contributed by atoms with Crippen LogP contribution in [-0.2, 0) is 0 Å². The fourth-order valence-electron chi connectivity index (χ4n) is 1.18. The van der Waals surface area contributed by atoms with Crippen molar-refractivity contribution in [1.82, 2.24) is 0 Å². The summed E-state index contributed by atoms with van der Waals surface area (Å²) in [6, 6.07) is 1.71. The van der Waals surface area contributed by atoms with E-state index in [1.165, 1.54) is 0 Å². The van der Waals surface area contributed by atoms with E-state index in [0.29, 0.717) is 11.4 Å². The van der Waals surface area contributed by atoms with Crippen molar-refractivity contribution >= 4 is 5.69 Å². The van der Waals surface area contributed by atoms with E-state index in [0.717, 1.165) is 16.7 Å². The Morgan fingerprint density at radius 1 is 1.17 bits per heavy atom. The lowest BCUT2D eigenvalue weighted by Crippen LogP contribution is -1.96. The van der Waals surface area contributed by atoms with Gasteiger partial charge in [0.1, 0.15) is 5.75 Å². The molecule has 0 spiro atoms. The average Bonchev–Trinajstić information content (AvgIpc) is 2.08. The lowest BCUT2D eigenvalue weighted by atomic mass is 10.0. The van der Waals surface area contributed by atoms with E-state index in [1.54, 1.807) is 13.0 Å². The molecule has 0 bridgehead atoms. The van der Waals surface area contributed by atoms with Gasteiger partial charge in [0.15, 0.2) is 0 Å². The van der Waals surface area contributed by atoms with Crippen molar-refractivity contribution in [3.05, 3.63) is 22.8 Å². The van der Waals surface area contributed by atoms with E-state index in [9.17, 15) is 5.11 Å². The van der Waals surface area contributed by atoms with E-state index >= 15 is 0 Å². The van der Waals surface area contributed by atoms with Gasteiger partial charge >= 0.3 is 0 Å². The Balaban J connectivity index is 3.39. The highest BCUT2D eigenvalue weighted by Gasteiger charge is 2.07. The number of hydrogen-bond donors (Lipinski definition) is 3. The van der Waals surface area contributed by atoms with Crippen molar-refractivity contribution in [2.75, 3.05) is 5.48 Å². The van der Waals surface area contributed by atoms with Crippen LogP contribution >= 0.6 is 0 Å². The summed E-state index contributed by atoms with van der Waals surface area (Å²) in [6.45, 7) is 5.45. The molecule has 3 heteroatoms. The van der Waals surface area contributed by atoms with Crippen molar-refractivity contribution < 1.29 is 10.3 Å². The highest BCUT2D eigenvalue weighted by Crippen LogP contribution is 2.29. The first kappa shape index (κ1) is 8.87. The molecule has 12 heavy (non-hydrogen) atoms. The maximum Gasteiger partial charge on any atom is 0.121 e. The van der Waals surface area contributed by atoms with Crippen molar-refractivity contribution in [2.24, 2.45) is 0 Å². The highest BCUT2D eigenvalue weighted by molar-refractivity contribution is 5.59. The third-order valence-electron chi connectivity index (χ3n) is 2.18. The first-order valence-electron chi connectivity index (χ1n) is 3.77. The van der Waals surface area contributed by atoms with E-state index < -0.39 is 0 Å². The summed E-state index contributed by atoms with van der Waals surface area (Å²) in [5.74, 6) is 0.298. The summed E-state index contributed by atoms with van der Waals surface area (Å²) in [7, 11) is 0. The minimum Gasteiger partial charge on any atom is -0.507 e. The number of anilines is 1. The lowest BCUT2D eigenvalue weighted by molar-refractivity contribution is 0.388. The zero-order chi connectivity index (χ0) is 9.30. The zero-order valence-corrected chi connectivity index (χ0v) is 7.47. The fraction of sp³-hybridized carbons (Fsp3) is 0.333. The standard InChI is InChI=1S/C9H13NO2/c1-5-4-8(10-12)6(2)7(3)9(5)11/h4,10-12H,1-3H3. The van der Waals surface area contributed by atoms with Gasteiger partial charge in [-0.25, -0.2) is 0 Å². The molecule has 0 fully saturated rings. The van der Waals surface area contributed by atoms with Crippen LogP contribution in [-0.4, -0.2) is 10.3 Å². The summed E-state index contributed by atoms with van der Waals surface area (Å²) in [4.78, 5) is 0. The molecule has 0 saturated heterocycles. The van der Waals surface area contributed by atoms with Gasteiger partial charge in [-0.3, -0.25) is 10.7 Å². The predicted molar refractivity (Wildman–Crippen MR) is 47.7 cm³/mol. The molecule has 0 unspecified atom stereocenters. The predicted octanol–water partition coefficient (Wildman–Crippen LogP) is 2.12. The van der Waals surface area contributed by atoms with Crippen LogP contribution in [0.5, 0.6) is 5.75 Å². The lowest BCUT2D eigenvalue weighted by Gasteiger charge is -2.11. The molecule has 0 aliphatic carbocycles. The van der Waals surface area contributed by atoms with Crippen LogP contribution in [0.2, 0.25) is 0 Å². The Kier molecular flexibility index (Phi) is 2.24. The molecule has 0 aliphatic heterocycles. The molecule has 0 radical (unpaired) electrons. The van der Waals surface area contributed by atoms with E-state index in [2.05, 4.69) is 5.48 Å². The Morgan fingerprint density at radius 2 is 1.75 bits per heavy atom. The van der Waals surface area contributed by atoms with Gasteiger partial charge < -0.3 is 5.11 Å². The Morgan fingerprint density at radius 3 is 2.25 bits per heavy atom. The highest BCUT2D eigenvalue weighted by atomic mass is 16.5. The molecule has 0 atom stereocenters. The second-order valence-electron chi connectivity index (χ2n) is 2.95. The van der Waals surface area contributed by atoms with E-state index in [4.69, 9.17) is 5.21 Å². The zero-order valence-electron chi connectivity index (χ0n) is 7.47. The molecule has 0 aromatic heterocycles. The molecule has 66 valence electrons. The van der Waals surface area contributed by atoms with E-state index in [1.807, 2.05) is 13.8 Å². The molecule has 0 heterocycles. The maximum absolute atomic E-state index is 9.50. The summed E-state index contributed by atoms with van der Waals surface area (Å²) >= 11 is 0. The quantitative estimate of drug-likeness (QED) is 0.443. The van der Waals surface area contributed by atoms with Crippen molar-refractivity contribution in [3.63, 3.8) is 0 Å². The summed E-state index contributed by atoms with van der Waals surface area (Å²) in [5, 5.41) is 18.2. The molecule has 0 saturated carbocycles. The third kappa shape index (κ3) is 1.23. The number of benzene rings is 1. The molecule has 0 aliphatic rings. The van der Waals surface area contributed by atoms with Gasteiger partial charge in [0.25, 0.3) is 0 Å². The van der Waals surface area contributed by atoms with Crippen molar-refractivity contribution in [3.8, 4) is 5.75 Å². The topological polar surface area (TPSA) is 52.5 Å². The first-order chi connectivity index (χ1) is 5.57. The van der Waals surface area contributed by atoms with Gasteiger partial charge in [0.05, 0.1) is 5.69 Å². The maximum atomic E-state index is 9.50. The number of aryl methyl sites for hydroxylation is 1. The third-order valence-corrected chi connectivity index (χ3v) is 2.18. The van der Waals surface area contributed by atoms with E-state index in [-0.39, 0.29) is 0 Å². The fourth-order valence-corrected chi connectivity index (χ4v) is 1.18. The summed E-state index contributed by atoms with van der Waals surface area (Å²) in [6.07, 6.45) is 0. The number of phenols is 1. The molecule has 0 amide bonds. The monoisotopic (exact) mass is 167 g/mol. The largest absolute Gasteiger partial charge is 0.507 e. The molecule has 1 aromatic carbocycles. The Hall–Kier alpha value is -1.22.